The second-order valence-electron chi connectivity index (χ2n) is 7.00. The lowest BCUT2D eigenvalue weighted by atomic mass is 10.0. The van der Waals surface area contributed by atoms with Crippen LogP contribution >= 0.6 is 0 Å². The maximum atomic E-state index is 5.92. The lowest BCUT2D eigenvalue weighted by Crippen LogP contribution is -1.94. The molecule has 31 heavy (non-hydrogen) atoms. The molecular formula is C27H19N3O. The van der Waals surface area contributed by atoms with Gasteiger partial charge in [-0.05, 0) is 71.8 Å². The van der Waals surface area contributed by atoms with Crippen molar-refractivity contribution in [3.05, 3.63) is 116 Å². The van der Waals surface area contributed by atoms with Crippen molar-refractivity contribution in [1.82, 2.24) is 15.0 Å². The fraction of sp³-hybridized carbons (Fsp3) is 0. The Labute approximate surface area is 180 Å². The van der Waals surface area contributed by atoms with Crippen LogP contribution in [0.3, 0.4) is 0 Å². The molecule has 0 saturated carbocycles. The molecule has 0 aliphatic carbocycles. The summed E-state index contributed by atoms with van der Waals surface area (Å²) < 4.78 is 5.92. The number of hydrogen-bond donors (Lipinski definition) is 0. The van der Waals surface area contributed by atoms with E-state index in [2.05, 4.69) is 34.2 Å². The molecule has 4 heteroatoms. The Morgan fingerprint density at radius 3 is 1.55 bits per heavy atom. The van der Waals surface area contributed by atoms with Gasteiger partial charge in [0, 0.05) is 12.4 Å². The molecule has 2 aromatic carbocycles. The van der Waals surface area contributed by atoms with Crippen molar-refractivity contribution in [2.24, 2.45) is 0 Å². The third-order valence-corrected chi connectivity index (χ3v) is 4.85. The molecule has 0 N–H and O–H groups in total. The minimum absolute atomic E-state index is 0.791. The number of aromatic nitrogens is 3. The van der Waals surface area contributed by atoms with Crippen molar-refractivity contribution in [3.63, 3.8) is 0 Å². The van der Waals surface area contributed by atoms with Crippen LogP contribution in [0.15, 0.2) is 116 Å². The van der Waals surface area contributed by atoms with Crippen molar-refractivity contribution >= 4 is 0 Å². The van der Waals surface area contributed by atoms with E-state index in [0.29, 0.717) is 0 Å². The molecule has 5 rings (SSSR count). The summed E-state index contributed by atoms with van der Waals surface area (Å²) in [6.45, 7) is 0. The molecule has 0 atom stereocenters. The summed E-state index contributed by atoms with van der Waals surface area (Å²) >= 11 is 0. The van der Waals surface area contributed by atoms with E-state index in [9.17, 15) is 0 Å². The molecule has 0 amide bonds. The van der Waals surface area contributed by atoms with Gasteiger partial charge < -0.3 is 4.74 Å². The smallest absolute Gasteiger partial charge is 0.127 e. The van der Waals surface area contributed by atoms with Crippen molar-refractivity contribution in [1.29, 1.82) is 0 Å². The first-order valence-electron chi connectivity index (χ1n) is 10.0. The van der Waals surface area contributed by atoms with Crippen LogP contribution in [0.25, 0.3) is 33.9 Å². The molecule has 0 radical (unpaired) electrons. The van der Waals surface area contributed by atoms with Crippen LogP contribution in [0.5, 0.6) is 11.5 Å². The highest BCUT2D eigenvalue weighted by Crippen LogP contribution is 2.30. The molecule has 148 valence electrons. The highest BCUT2D eigenvalue weighted by molar-refractivity contribution is 5.74. The van der Waals surface area contributed by atoms with Crippen LogP contribution in [-0.2, 0) is 0 Å². The quantitative estimate of drug-likeness (QED) is 0.330. The molecule has 0 aliphatic rings. The van der Waals surface area contributed by atoms with Gasteiger partial charge in [-0.1, -0.05) is 42.5 Å². The summed E-state index contributed by atoms with van der Waals surface area (Å²) in [7, 11) is 0. The van der Waals surface area contributed by atoms with E-state index in [4.69, 9.17) is 9.72 Å². The molecule has 3 aromatic heterocycles. The molecule has 0 bridgehead atoms. The van der Waals surface area contributed by atoms with E-state index in [1.165, 1.54) is 0 Å². The Morgan fingerprint density at radius 1 is 0.452 bits per heavy atom. The maximum Gasteiger partial charge on any atom is 0.127 e. The second kappa shape index (κ2) is 8.59. The molecule has 4 nitrogen and oxygen atoms in total. The van der Waals surface area contributed by atoms with Crippen molar-refractivity contribution in [3.8, 4) is 45.4 Å². The number of benzene rings is 2. The summed E-state index contributed by atoms with van der Waals surface area (Å²) in [5.74, 6) is 1.60. The standard InChI is InChI=1S/C27H19N3O/c1-2-8-22(9-3-1)31-23-14-12-20(13-15-23)21-18-26(24-10-4-6-16-28-24)30-27(19-21)25-11-5-7-17-29-25/h1-19H. The van der Waals surface area contributed by atoms with Gasteiger partial charge in [0.1, 0.15) is 11.5 Å². The number of hydrogen-bond acceptors (Lipinski definition) is 4. The average molecular weight is 401 g/mol. The average Bonchev–Trinajstić information content (AvgIpc) is 2.86. The van der Waals surface area contributed by atoms with E-state index in [-0.39, 0.29) is 0 Å². The zero-order chi connectivity index (χ0) is 20.9. The van der Waals surface area contributed by atoms with E-state index in [0.717, 1.165) is 45.4 Å². The Kier molecular flexibility index (Phi) is 5.18. The first-order valence-corrected chi connectivity index (χ1v) is 10.0. The second-order valence-corrected chi connectivity index (χ2v) is 7.00. The van der Waals surface area contributed by atoms with Crippen molar-refractivity contribution in [2.45, 2.75) is 0 Å². The van der Waals surface area contributed by atoms with E-state index >= 15 is 0 Å². The van der Waals surface area contributed by atoms with Gasteiger partial charge in [-0.15, -0.1) is 0 Å². The first kappa shape index (κ1) is 18.7. The Balaban J connectivity index is 1.53. The van der Waals surface area contributed by atoms with Crippen molar-refractivity contribution < 1.29 is 4.74 Å². The minimum Gasteiger partial charge on any atom is -0.457 e. The molecule has 0 fully saturated rings. The number of para-hydroxylation sites is 1. The van der Waals surface area contributed by atoms with Gasteiger partial charge in [-0.3, -0.25) is 9.97 Å². The zero-order valence-electron chi connectivity index (χ0n) is 16.7. The van der Waals surface area contributed by atoms with Gasteiger partial charge in [-0.25, -0.2) is 4.98 Å². The normalized spacial score (nSPS) is 10.6. The van der Waals surface area contributed by atoms with Crippen LogP contribution in [0, 0.1) is 0 Å². The van der Waals surface area contributed by atoms with Crippen LogP contribution in [-0.4, -0.2) is 15.0 Å². The monoisotopic (exact) mass is 401 g/mol. The molecule has 0 spiro atoms. The Bertz CT molecular complexity index is 1220. The van der Waals surface area contributed by atoms with Crippen LogP contribution in [0.1, 0.15) is 0 Å². The van der Waals surface area contributed by atoms with Gasteiger partial charge in [0.25, 0.3) is 0 Å². The number of nitrogens with zero attached hydrogens (tertiary/aromatic N) is 3. The topological polar surface area (TPSA) is 47.9 Å². The third-order valence-electron chi connectivity index (χ3n) is 4.85. The van der Waals surface area contributed by atoms with E-state index < -0.39 is 0 Å². The fourth-order valence-electron chi connectivity index (χ4n) is 3.33. The predicted molar refractivity (Wildman–Crippen MR) is 123 cm³/mol. The van der Waals surface area contributed by atoms with Gasteiger partial charge in [0.15, 0.2) is 0 Å². The van der Waals surface area contributed by atoms with Crippen LogP contribution in [0.2, 0.25) is 0 Å². The van der Waals surface area contributed by atoms with Gasteiger partial charge in [0.05, 0.1) is 22.8 Å². The highest BCUT2D eigenvalue weighted by atomic mass is 16.5. The zero-order valence-corrected chi connectivity index (χ0v) is 16.7. The number of ether oxygens (including phenoxy) is 1. The van der Waals surface area contributed by atoms with Gasteiger partial charge in [0.2, 0.25) is 0 Å². The fourth-order valence-corrected chi connectivity index (χ4v) is 3.33. The number of rotatable bonds is 5. The molecule has 0 saturated heterocycles. The lowest BCUT2D eigenvalue weighted by Gasteiger charge is -2.10. The van der Waals surface area contributed by atoms with Gasteiger partial charge in [-0.2, -0.15) is 0 Å². The van der Waals surface area contributed by atoms with Crippen LogP contribution < -0.4 is 4.74 Å². The molecule has 0 unspecified atom stereocenters. The molecule has 5 aromatic rings. The van der Waals surface area contributed by atoms with Crippen molar-refractivity contribution in [2.75, 3.05) is 0 Å². The summed E-state index contributed by atoms with van der Waals surface area (Å²) in [5.41, 5.74) is 5.38. The van der Waals surface area contributed by atoms with Gasteiger partial charge >= 0.3 is 0 Å². The largest absolute Gasteiger partial charge is 0.457 e. The summed E-state index contributed by atoms with van der Waals surface area (Å²) in [6.07, 6.45) is 3.56. The predicted octanol–water partition coefficient (Wildman–Crippen LogP) is 6.66. The minimum atomic E-state index is 0.791. The summed E-state index contributed by atoms with van der Waals surface area (Å²) in [4.78, 5) is 13.8. The number of pyridine rings is 3. The maximum absolute atomic E-state index is 5.92. The lowest BCUT2D eigenvalue weighted by molar-refractivity contribution is 0.483. The van der Waals surface area contributed by atoms with E-state index in [1.807, 2.05) is 78.9 Å². The molecule has 3 heterocycles. The molecule has 0 aliphatic heterocycles. The first-order chi connectivity index (χ1) is 15.3. The Hall–Kier alpha value is -4.31. The van der Waals surface area contributed by atoms with E-state index in [1.54, 1.807) is 12.4 Å². The summed E-state index contributed by atoms with van der Waals surface area (Å²) in [6, 6.07) is 33.6. The molecular weight excluding hydrogens is 382 g/mol. The SMILES string of the molecule is c1ccc(Oc2ccc(-c3cc(-c4ccccn4)nc(-c4ccccn4)c3)cc2)cc1. The Morgan fingerprint density at radius 2 is 1.00 bits per heavy atom. The highest BCUT2D eigenvalue weighted by Gasteiger charge is 2.10. The van der Waals surface area contributed by atoms with Crippen LogP contribution in [0.4, 0.5) is 0 Å². The third kappa shape index (κ3) is 4.33. The summed E-state index contributed by atoms with van der Waals surface area (Å²) in [5, 5.41) is 0.